The van der Waals surface area contributed by atoms with Gasteiger partial charge in [0.05, 0.1) is 11.8 Å². The first kappa shape index (κ1) is 24.7. The zero-order valence-corrected chi connectivity index (χ0v) is 18.5. The molecule has 0 spiro atoms. The Labute approximate surface area is 171 Å². The number of allylic oxidation sites excluding steroid dienone is 2. The Kier molecular flexibility index (Phi) is 11.5. The van der Waals surface area contributed by atoms with Gasteiger partial charge < -0.3 is 10.2 Å². The number of carbonyl (C=O) groups is 2. The van der Waals surface area contributed by atoms with E-state index in [0.717, 1.165) is 25.7 Å². The van der Waals surface area contributed by atoms with E-state index in [2.05, 4.69) is 13.8 Å². The number of hydrogen-bond acceptors (Lipinski definition) is 2. The molecule has 0 bridgehead atoms. The van der Waals surface area contributed by atoms with E-state index in [9.17, 15) is 19.8 Å². The zero-order valence-electron chi connectivity index (χ0n) is 18.5. The van der Waals surface area contributed by atoms with Gasteiger partial charge in [0, 0.05) is 0 Å². The molecule has 0 aromatic carbocycles. The predicted octanol–water partition coefficient (Wildman–Crippen LogP) is 6.69. The third-order valence-electron chi connectivity index (χ3n) is 6.65. The molecule has 0 radical (unpaired) electrons. The van der Waals surface area contributed by atoms with Crippen molar-refractivity contribution in [2.24, 2.45) is 23.7 Å². The van der Waals surface area contributed by atoms with Crippen LogP contribution in [0.3, 0.4) is 0 Å². The van der Waals surface area contributed by atoms with E-state index in [1.54, 1.807) is 0 Å². The number of unbranched alkanes of at least 4 members (excludes halogenated alkanes) is 8. The number of carboxylic acids is 2. The van der Waals surface area contributed by atoms with Gasteiger partial charge in [-0.2, -0.15) is 0 Å². The van der Waals surface area contributed by atoms with Crippen molar-refractivity contribution < 1.29 is 19.8 Å². The summed E-state index contributed by atoms with van der Waals surface area (Å²) in [6.45, 7) is 8.29. The lowest BCUT2D eigenvalue weighted by atomic mass is 9.63. The number of carboxylic acid groups (broad SMARTS) is 2. The molecule has 0 aliphatic heterocycles. The Morgan fingerprint density at radius 3 is 1.25 bits per heavy atom. The second kappa shape index (κ2) is 13.0. The molecule has 28 heavy (non-hydrogen) atoms. The average Bonchev–Trinajstić information content (AvgIpc) is 2.64. The fourth-order valence-corrected chi connectivity index (χ4v) is 4.99. The third-order valence-corrected chi connectivity index (χ3v) is 6.65. The highest BCUT2D eigenvalue weighted by molar-refractivity contribution is 5.82. The van der Waals surface area contributed by atoms with Crippen LogP contribution < -0.4 is 0 Å². The topological polar surface area (TPSA) is 74.6 Å². The summed E-state index contributed by atoms with van der Waals surface area (Å²) in [6, 6.07) is 0. The van der Waals surface area contributed by atoms with Gasteiger partial charge in [-0.1, -0.05) is 90.2 Å². The van der Waals surface area contributed by atoms with Crippen LogP contribution in [0.15, 0.2) is 11.1 Å². The number of hydrogen-bond donors (Lipinski definition) is 2. The van der Waals surface area contributed by atoms with Crippen LogP contribution >= 0.6 is 0 Å². The van der Waals surface area contributed by atoms with Gasteiger partial charge in [0.2, 0.25) is 0 Å². The van der Waals surface area contributed by atoms with Crippen molar-refractivity contribution in [1.29, 1.82) is 0 Å². The molecule has 162 valence electrons. The molecule has 1 aliphatic carbocycles. The van der Waals surface area contributed by atoms with E-state index in [1.165, 1.54) is 62.5 Å². The summed E-state index contributed by atoms with van der Waals surface area (Å²) < 4.78 is 0. The van der Waals surface area contributed by atoms with Crippen molar-refractivity contribution in [2.75, 3.05) is 0 Å². The van der Waals surface area contributed by atoms with Crippen molar-refractivity contribution >= 4 is 11.9 Å². The number of aliphatic carboxylic acids is 2. The van der Waals surface area contributed by atoms with E-state index >= 15 is 0 Å². The second-order valence-electron chi connectivity index (χ2n) is 8.68. The van der Waals surface area contributed by atoms with E-state index in [-0.39, 0.29) is 11.8 Å². The van der Waals surface area contributed by atoms with Crippen LogP contribution in [-0.2, 0) is 9.59 Å². The monoisotopic (exact) mass is 394 g/mol. The molecule has 0 fully saturated rings. The van der Waals surface area contributed by atoms with E-state index < -0.39 is 23.8 Å². The van der Waals surface area contributed by atoms with Crippen molar-refractivity contribution in [3.05, 3.63) is 11.1 Å². The van der Waals surface area contributed by atoms with Crippen LogP contribution in [0.2, 0.25) is 0 Å². The first-order chi connectivity index (χ1) is 13.4. The Morgan fingerprint density at radius 2 is 0.964 bits per heavy atom. The minimum absolute atomic E-state index is 0.188. The molecule has 4 unspecified atom stereocenters. The highest BCUT2D eigenvalue weighted by Gasteiger charge is 2.47. The highest BCUT2D eigenvalue weighted by Crippen LogP contribution is 2.46. The zero-order chi connectivity index (χ0) is 21.1. The summed E-state index contributed by atoms with van der Waals surface area (Å²) in [5.41, 5.74) is 2.51. The predicted molar refractivity (Wildman–Crippen MR) is 114 cm³/mol. The Balaban J connectivity index is 3.02. The van der Waals surface area contributed by atoms with E-state index in [1.807, 2.05) is 13.8 Å². The van der Waals surface area contributed by atoms with Crippen LogP contribution in [0.4, 0.5) is 0 Å². The molecular weight excluding hydrogens is 352 g/mol. The molecule has 1 aliphatic rings. The van der Waals surface area contributed by atoms with Crippen LogP contribution in [0.25, 0.3) is 0 Å². The molecule has 0 aromatic rings. The molecule has 0 saturated carbocycles. The molecular formula is C24H42O4. The summed E-state index contributed by atoms with van der Waals surface area (Å²) in [4.78, 5) is 23.9. The van der Waals surface area contributed by atoms with Crippen LogP contribution in [-0.4, -0.2) is 22.2 Å². The molecule has 4 nitrogen and oxygen atoms in total. The molecule has 0 heterocycles. The van der Waals surface area contributed by atoms with Crippen LogP contribution in [0.5, 0.6) is 0 Å². The van der Waals surface area contributed by atoms with Gasteiger partial charge in [-0.25, -0.2) is 0 Å². The van der Waals surface area contributed by atoms with Gasteiger partial charge in [-0.3, -0.25) is 9.59 Å². The van der Waals surface area contributed by atoms with E-state index in [0.29, 0.717) is 0 Å². The Bertz CT molecular complexity index is 477. The highest BCUT2D eigenvalue weighted by atomic mass is 16.4. The molecule has 0 aromatic heterocycles. The van der Waals surface area contributed by atoms with Gasteiger partial charge >= 0.3 is 11.9 Å². The van der Waals surface area contributed by atoms with Gasteiger partial charge in [-0.15, -0.1) is 0 Å². The minimum Gasteiger partial charge on any atom is -0.481 e. The van der Waals surface area contributed by atoms with Crippen molar-refractivity contribution in [3.63, 3.8) is 0 Å². The van der Waals surface area contributed by atoms with Gasteiger partial charge in [0.15, 0.2) is 0 Å². The van der Waals surface area contributed by atoms with Crippen LogP contribution in [0, 0.1) is 23.7 Å². The van der Waals surface area contributed by atoms with Crippen LogP contribution in [0.1, 0.15) is 105 Å². The summed E-state index contributed by atoms with van der Waals surface area (Å²) in [7, 11) is 0. The Morgan fingerprint density at radius 1 is 0.643 bits per heavy atom. The molecule has 2 N–H and O–H groups in total. The fourth-order valence-electron chi connectivity index (χ4n) is 4.99. The molecule has 1 rings (SSSR count). The van der Waals surface area contributed by atoms with Gasteiger partial charge in [0.1, 0.15) is 0 Å². The standard InChI is InChI=1S/C24H42O4/c1-5-7-9-11-13-15-19-17(3)21(23(25)26)22(24(27)28)18(4)20(19)16-14-12-10-8-6-2/h17-18,21-22H,5-16H2,1-4H3,(H,25,26)(H,27,28). The third kappa shape index (κ3) is 6.93. The molecule has 0 saturated heterocycles. The summed E-state index contributed by atoms with van der Waals surface area (Å²) in [6.07, 6.45) is 13.7. The Hall–Kier alpha value is -1.32. The van der Waals surface area contributed by atoms with Crippen molar-refractivity contribution in [3.8, 4) is 0 Å². The molecule has 4 heteroatoms. The van der Waals surface area contributed by atoms with Gasteiger partial charge in [-0.05, 0) is 37.5 Å². The quantitative estimate of drug-likeness (QED) is 0.254. The summed E-state index contributed by atoms with van der Waals surface area (Å²) in [5, 5.41) is 19.6. The first-order valence-corrected chi connectivity index (χ1v) is 11.5. The lowest BCUT2D eigenvalue weighted by Crippen LogP contribution is -2.43. The maximum absolute atomic E-state index is 11.9. The van der Waals surface area contributed by atoms with Crippen molar-refractivity contribution in [1.82, 2.24) is 0 Å². The number of rotatable bonds is 14. The first-order valence-electron chi connectivity index (χ1n) is 11.5. The fraction of sp³-hybridized carbons (Fsp3) is 0.833. The lowest BCUT2D eigenvalue weighted by Gasteiger charge is -2.40. The average molecular weight is 395 g/mol. The van der Waals surface area contributed by atoms with Gasteiger partial charge in [0.25, 0.3) is 0 Å². The maximum Gasteiger partial charge on any atom is 0.307 e. The second-order valence-corrected chi connectivity index (χ2v) is 8.68. The minimum atomic E-state index is -0.961. The SMILES string of the molecule is CCCCCCCC1=C(CCCCCCC)C(C)C(C(=O)O)C(C(=O)O)C1C. The normalized spacial score (nSPS) is 25.1. The smallest absolute Gasteiger partial charge is 0.307 e. The van der Waals surface area contributed by atoms with Crippen molar-refractivity contribution in [2.45, 2.75) is 105 Å². The summed E-state index contributed by atoms with van der Waals surface area (Å²) >= 11 is 0. The lowest BCUT2D eigenvalue weighted by molar-refractivity contribution is -0.157. The molecule has 0 amide bonds. The largest absolute Gasteiger partial charge is 0.481 e. The maximum atomic E-state index is 11.9. The summed E-state index contributed by atoms with van der Waals surface area (Å²) in [5.74, 6) is -3.93. The van der Waals surface area contributed by atoms with E-state index in [4.69, 9.17) is 0 Å². The molecule has 4 atom stereocenters.